The van der Waals surface area contributed by atoms with E-state index >= 15 is 0 Å². The van der Waals surface area contributed by atoms with Crippen molar-refractivity contribution in [3.63, 3.8) is 0 Å². The highest BCUT2D eigenvalue weighted by Gasteiger charge is 2.17. The summed E-state index contributed by atoms with van der Waals surface area (Å²) in [5.41, 5.74) is 1.06. The highest BCUT2D eigenvalue weighted by atomic mass is 16.7. The highest BCUT2D eigenvalue weighted by Crippen LogP contribution is 2.35. The molecule has 0 aliphatic carbocycles. The van der Waals surface area contributed by atoms with Crippen LogP contribution < -0.4 is 14.8 Å². The molecular weight excluding hydrogens is 256 g/mol. The van der Waals surface area contributed by atoms with Gasteiger partial charge in [-0.25, -0.2) is 0 Å². The van der Waals surface area contributed by atoms with E-state index in [1.54, 1.807) is 0 Å². The number of nitrogens with zero attached hydrogens (tertiary/aromatic N) is 1. The van der Waals surface area contributed by atoms with Gasteiger partial charge in [-0.2, -0.15) is 0 Å². The van der Waals surface area contributed by atoms with E-state index in [9.17, 15) is 5.11 Å². The highest BCUT2D eigenvalue weighted by molar-refractivity contribution is 5.48. The van der Waals surface area contributed by atoms with Gasteiger partial charge in [0, 0.05) is 25.2 Å². The summed E-state index contributed by atoms with van der Waals surface area (Å²) in [4.78, 5) is 2.21. The van der Waals surface area contributed by atoms with Gasteiger partial charge in [-0.3, -0.25) is 0 Å². The number of para-hydroxylation sites is 1. The Balaban J connectivity index is 1.77. The van der Waals surface area contributed by atoms with Crippen LogP contribution in [-0.4, -0.2) is 49.1 Å². The number of fused-ring (bicyclic) bond motifs is 1. The van der Waals surface area contributed by atoms with E-state index in [-0.39, 0.29) is 12.9 Å². The molecule has 0 fully saturated rings. The first-order valence-corrected chi connectivity index (χ1v) is 7.23. The van der Waals surface area contributed by atoms with Gasteiger partial charge >= 0.3 is 0 Å². The number of aliphatic hydroxyl groups excluding tert-OH is 1. The molecule has 0 bridgehead atoms. The minimum absolute atomic E-state index is 0.289. The van der Waals surface area contributed by atoms with Crippen LogP contribution in [0, 0.1) is 0 Å². The number of nitrogens with one attached hydrogen (secondary N) is 1. The van der Waals surface area contributed by atoms with Crippen LogP contribution in [0.1, 0.15) is 19.4 Å². The molecule has 0 aromatic heterocycles. The number of rotatable bonds is 8. The Kier molecular flexibility index (Phi) is 5.64. The Hall–Kier alpha value is -1.30. The predicted molar refractivity (Wildman–Crippen MR) is 78.1 cm³/mol. The maximum atomic E-state index is 9.99. The summed E-state index contributed by atoms with van der Waals surface area (Å²) in [6.45, 7) is 8.37. The summed E-state index contributed by atoms with van der Waals surface area (Å²) in [6.07, 6.45) is -0.358. The zero-order valence-corrected chi connectivity index (χ0v) is 12.3. The lowest BCUT2D eigenvalue weighted by Crippen LogP contribution is -2.38. The van der Waals surface area contributed by atoms with Crippen LogP contribution in [0.15, 0.2) is 18.2 Å². The van der Waals surface area contributed by atoms with Crippen molar-refractivity contribution in [2.24, 2.45) is 0 Å². The zero-order valence-electron chi connectivity index (χ0n) is 12.3. The molecule has 1 aliphatic heterocycles. The normalized spacial score (nSPS) is 14.8. The molecule has 5 heteroatoms. The van der Waals surface area contributed by atoms with Gasteiger partial charge in [0.15, 0.2) is 11.5 Å². The van der Waals surface area contributed by atoms with E-state index in [2.05, 4.69) is 24.1 Å². The molecule has 0 spiro atoms. The van der Waals surface area contributed by atoms with Crippen LogP contribution >= 0.6 is 0 Å². The Labute approximate surface area is 120 Å². The minimum Gasteiger partial charge on any atom is -0.454 e. The van der Waals surface area contributed by atoms with Crippen molar-refractivity contribution in [3.8, 4) is 11.5 Å². The van der Waals surface area contributed by atoms with Gasteiger partial charge in [0.25, 0.3) is 0 Å². The number of ether oxygens (including phenoxy) is 2. The van der Waals surface area contributed by atoms with E-state index in [1.807, 2.05) is 18.2 Å². The van der Waals surface area contributed by atoms with E-state index in [4.69, 9.17) is 9.47 Å². The lowest BCUT2D eigenvalue weighted by molar-refractivity contribution is 0.116. The largest absolute Gasteiger partial charge is 0.454 e. The summed E-state index contributed by atoms with van der Waals surface area (Å²) in [7, 11) is 0. The zero-order chi connectivity index (χ0) is 14.4. The van der Waals surface area contributed by atoms with Gasteiger partial charge in [-0.15, -0.1) is 0 Å². The number of aliphatic hydroxyl groups is 1. The van der Waals surface area contributed by atoms with Crippen LogP contribution in [0.2, 0.25) is 0 Å². The third-order valence-corrected chi connectivity index (χ3v) is 3.54. The van der Waals surface area contributed by atoms with Crippen molar-refractivity contribution in [2.75, 3.05) is 33.0 Å². The van der Waals surface area contributed by atoms with Crippen molar-refractivity contribution in [3.05, 3.63) is 23.8 Å². The fourth-order valence-corrected chi connectivity index (χ4v) is 2.35. The fourth-order valence-electron chi connectivity index (χ4n) is 2.35. The lowest BCUT2D eigenvalue weighted by atomic mass is 10.2. The number of hydrogen-bond donors (Lipinski definition) is 2. The van der Waals surface area contributed by atoms with Crippen molar-refractivity contribution >= 4 is 0 Å². The monoisotopic (exact) mass is 280 g/mol. The summed E-state index contributed by atoms with van der Waals surface area (Å²) in [5.74, 6) is 1.62. The van der Waals surface area contributed by atoms with Crippen LogP contribution in [0.25, 0.3) is 0 Å². The quantitative estimate of drug-likeness (QED) is 0.749. The van der Waals surface area contributed by atoms with Gasteiger partial charge in [0.05, 0.1) is 6.10 Å². The summed E-state index contributed by atoms with van der Waals surface area (Å²) < 4.78 is 10.8. The second-order valence-corrected chi connectivity index (χ2v) is 4.92. The van der Waals surface area contributed by atoms with Crippen LogP contribution in [0.3, 0.4) is 0 Å². The number of likely N-dealkylation sites (N-methyl/N-ethyl adjacent to an activating group) is 1. The fraction of sp³-hybridized carbons (Fsp3) is 0.600. The van der Waals surface area contributed by atoms with Crippen molar-refractivity contribution in [1.29, 1.82) is 0 Å². The SMILES string of the molecule is CCN(CC)CC(O)CNCc1cccc2c1OCO2. The maximum absolute atomic E-state index is 9.99. The topological polar surface area (TPSA) is 54.0 Å². The van der Waals surface area contributed by atoms with E-state index in [0.29, 0.717) is 19.6 Å². The first-order chi connectivity index (χ1) is 9.74. The van der Waals surface area contributed by atoms with Crippen molar-refractivity contribution in [2.45, 2.75) is 26.5 Å². The Morgan fingerprint density at radius 2 is 2.10 bits per heavy atom. The first-order valence-electron chi connectivity index (χ1n) is 7.23. The summed E-state index contributed by atoms with van der Waals surface area (Å²) in [5, 5.41) is 13.3. The molecule has 2 rings (SSSR count). The maximum Gasteiger partial charge on any atom is 0.231 e. The average Bonchev–Trinajstić information content (AvgIpc) is 2.94. The van der Waals surface area contributed by atoms with Crippen molar-refractivity contribution in [1.82, 2.24) is 10.2 Å². The van der Waals surface area contributed by atoms with E-state index in [1.165, 1.54) is 0 Å². The molecule has 1 unspecified atom stereocenters. The molecule has 1 aromatic carbocycles. The second-order valence-electron chi connectivity index (χ2n) is 4.92. The van der Waals surface area contributed by atoms with Gasteiger partial charge in [-0.05, 0) is 19.2 Å². The number of benzene rings is 1. The third-order valence-electron chi connectivity index (χ3n) is 3.54. The molecule has 1 atom stereocenters. The summed E-state index contributed by atoms with van der Waals surface area (Å²) in [6, 6.07) is 5.87. The molecule has 1 aromatic rings. The standard InChI is InChI=1S/C15H24N2O3/c1-3-17(4-2)10-13(18)9-16-8-12-6-5-7-14-15(12)20-11-19-14/h5-7,13,16,18H,3-4,8-11H2,1-2H3. The van der Waals surface area contributed by atoms with Gasteiger partial charge < -0.3 is 24.8 Å². The van der Waals surface area contributed by atoms with Crippen LogP contribution in [-0.2, 0) is 6.54 Å². The molecule has 5 nitrogen and oxygen atoms in total. The predicted octanol–water partition coefficient (Wildman–Crippen LogP) is 1.21. The Bertz CT molecular complexity index is 422. The van der Waals surface area contributed by atoms with Gasteiger partial charge in [-0.1, -0.05) is 26.0 Å². The smallest absolute Gasteiger partial charge is 0.231 e. The summed E-state index contributed by atoms with van der Waals surface area (Å²) >= 11 is 0. The van der Waals surface area contributed by atoms with Crippen LogP contribution in [0.5, 0.6) is 11.5 Å². The van der Waals surface area contributed by atoms with Gasteiger partial charge in [0.1, 0.15) is 0 Å². The number of hydrogen-bond acceptors (Lipinski definition) is 5. The molecule has 1 aliphatic rings. The van der Waals surface area contributed by atoms with E-state index < -0.39 is 0 Å². The molecular formula is C15H24N2O3. The molecule has 20 heavy (non-hydrogen) atoms. The van der Waals surface area contributed by atoms with Crippen LogP contribution in [0.4, 0.5) is 0 Å². The molecule has 0 radical (unpaired) electrons. The van der Waals surface area contributed by atoms with Crippen molar-refractivity contribution < 1.29 is 14.6 Å². The third kappa shape index (κ3) is 3.85. The minimum atomic E-state index is -0.358. The molecule has 1 heterocycles. The molecule has 2 N–H and O–H groups in total. The Morgan fingerprint density at radius 1 is 1.30 bits per heavy atom. The molecule has 112 valence electrons. The second kappa shape index (κ2) is 7.47. The lowest BCUT2D eigenvalue weighted by Gasteiger charge is -2.22. The molecule has 0 saturated carbocycles. The molecule has 0 amide bonds. The average molecular weight is 280 g/mol. The Morgan fingerprint density at radius 3 is 2.85 bits per heavy atom. The van der Waals surface area contributed by atoms with E-state index in [0.717, 1.165) is 30.2 Å². The molecule has 0 saturated heterocycles. The van der Waals surface area contributed by atoms with Gasteiger partial charge in [0.2, 0.25) is 6.79 Å². The first kappa shape index (κ1) is 15.1.